The Morgan fingerprint density at radius 2 is 1.50 bits per heavy atom. The minimum absolute atomic E-state index is 0.212. The molecule has 0 aliphatic carbocycles. The van der Waals surface area contributed by atoms with Gasteiger partial charge >= 0.3 is 0 Å². The van der Waals surface area contributed by atoms with E-state index in [4.69, 9.17) is 0 Å². The number of carbonyl (C=O) groups is 2. The molecule has 156 valence electrons. The topological polar surface area (TPSA) is 68.2 Å². The first kappa shape index (κ1) is 20.0. The minimum Gasteiger partial charge on any atom is -0.303 e. The molecule has 3 aromatic carbocycles. The van der Waals surface area contributed by atoms with E-state index >= 15 is 0 Å². The number of hydrogen-bond acceptors (Lipinski definition) is 4. The van der Waals surface area contributed by atoms with Crippen LogP contribution in [0.15, 0.2) is 94.6 Å². The van der Waals surface area contributed by atoms with Gasteiger partial charge in [0, 0.05) is 5.56 Å². The number of carbonyl (C=O) groups excluding carboxylic acids is 2. The smallest absolute Gasteiger partial charge is 0.290 e. The van der Waals surface area contributed by atoms with Crippen molar-refractivity contribution in [3.05, 3.63) is 111 Å². The Morgan fingerprint density at radius 1 is 0.812 bits per heavy atom. The van der Waals surface area contributed by atoms with Crippen LogP contribution in [0.2, 0.25) is 0 Å². The van der Waals surface area contributed by atoms with Crippen molar-refractivity contribution in [1.29, 1.82) is 0 Å². The highest BCUT2D eigenvalue weighted by molar-refractivity contribution is 8.18. The number of nitrogens with one attached hydrogen (secondary N) is 1. The summed E-state index contributed by atoms with van der Waals surface area (Å²) in [6.45, 7) is 0.393. The van der Waals surface area contributed by atoms with Gasteiger partial charge in [0.2, 0.25) is 0 Å². The summed E-state index contributed by atoms with van der Waals surface area (Å²) < 4.78 is 1.71. The maximum Gasteiger partial charge on any atom is 0.290 e. The zero-order valence-electron chi connectivity index (χ0n) is 16.9. The maximum atomic E-state index is 13.3. The summed E-state index contributed by atoms with van der Waals surface area (Å²) in [5.74, 6) is -0.476. The molecule has 1 N–H and O–H groups in total. The van der Waals surface area contributed by atoms with Gasteiger partial charge in [-0.2, -0.15) is 0 Å². The highest BCUT2D eigenvalue weighted by Crippen LogP contribution is 2.26. The summed E-state index contributed by atoms with van der Waals surface area (Å²) in [4.78, 5) is 37.0. The molecule has 1 aliphatic rings. The first-order valence-electron chi connectivity index (χ1n) is 10.1. The van der Waals surface area contributed by atoms with Gasteiger partial charge in [0.25, 0.3) is 16.7 Å². The summed E-state index contributed by atoms with van der Waals surface area (Å²) in [5, 5.41) is 2.68. The molecular formula is C26H18N2O3S. The summed E-state index contributed by atoms with van der Waals surface area (Å²) in [5.41, 5.74) is 4.21. The summed E-state index contributed by atoms with van der Waals surface area (Å²) in [6.07, 6.45) is 1.49. The van der Waals surface area contributed by atoms with Gasteiger partial charge in [0.05, 0.1) is 17.0 Å². The largest absolute Gasteiger partial charge is 0.303 e. The van der Waals surface area contributed by atoms with Crippen LogP contribution in [-0.2, 0) is 11.3 Å². The van der Waals surface area contributed by atoms with Crippen molar-refractivity contribution in [2.24, 2.45) is 0 Å². The van der Waals surface area contributed by atoms with Crippen LogP contribution >= 0.6 is 11.8 Å². The van der Waals surface area contributed by atoms with E-state index in [0.29, 0.717) is 12.1 Å². The number of nitrogens with zero attached hydrogens (tertiary/aromatic N) is 1. The third kappa shape index (κ3) is 3.88. The van der Waals surface area contributed by atoms with Gasteiger partial charge in [-0.15, -0.1) is 0 Å². The lowest BCUT2D eigenvalue weighted by atomic mass is 10.0. The molecule has 1 aromatic heterocycles. The average molecular weight is 439 g/mol. The first-order chi connectivity index (χ1) is 15.6. The number of thioether (sulfide) groups is 1. The van der Waals surface area contributed by atoms with E-state index in [1.165, 1.54) is 6.08 Å². The van der Waals surface area contributed by atoms with Gasteiger partial charge < -0.3 is 4.57 Å². The summed E-state index contributed by atoms with van der Waals surface area (Å²) >= 11 is 0.805. The van der Waals surface area contributed by atoms with Crippen LogP contribution in [0.1, 0.15) is 11.1 Å². The van der Waals surface area contributed by atoms with Crippen LogP contribution in [0, 0.1) is 0 Å². The van der Waals surface area contributed by atoms with E-state index in [1.807, 2.05) is 54.6 Å². The Balaban J connectivity index is 1.55. The molecule has 0 atom stereocenters. The van der Waals surface area contributed by atoms with Gasteiger partial charge in [-0.25, -0.2) is 0 Å². The Hall–Kier alpha value is -3.90. The maximum absolute atomic E-state index is 13.3. The predicted octanol–water partition coefficient (Wildman–Crippen LogP) is 5.04. The lowest BCUT2D eigenvalue weighted by molar-refractivity contribution is -0.115. The minimum atomic E-state index is -0.476. The zero-order chi connectivity index (χ0) is 22.1. The molecule has 4 aromatic rings. The van der Waals surface area contributed by atoms with E-state index < -0.39 is 11.1 Å². The molecule has 2 heterocycles. The second-order valence-electron chi connectivity index (χ2n) is 7.46. The van der Waals surface area contributed by atoms with Gasteiger partial charge in [-0.3, -0.25) is 19.7 Å². The van der Waals surface area contributed by atoms with Crippen molar-refractivity contribution in [3.8, 4) is 11.1 Å². The number of pyridine rings is 1. The van der Waals surface area contributed by atoms with Gasteiger partial charge in [-0.05, 0) is 52.0 Å². The molecular weight excluding hydrogens is 420 g/mol. The van der Waals surface area contributed by atoms with Gasteiger partial charge in [-0.1, -0.05) is 72.8 Å². The molecule has 0 saturated carbocycles. The van der Waals surface area contributed by atoms with Crippen LogP contribution in [0.25, 0.3) is 28.1 Å². The molecule has 6 heteroatoms. The third-order valence-electron chi connectivity index (χ3n) is 5.36. The van der Waals surface area contributed by atoms with E-state index in [-0.39, 0.29) is 10.5 Å². The Bertz CT molecular complexity index is 1440. The first-order valence-corrected chi connectivity index (χ1v) is 10.9. The second kappa shape index (κ2) is 8.32. The standard InChI is InChI=1S/C26H18N2O3S/c29-24-23(32-26(31)27-24)15-21-14-20-8-4-5-9-22(20)28(25(21)30)16-17-10-12-19(13-11-17)18-6-2-1-3-7-18/h1-15H,16H2,(H,27,29,31). The van der Waals surface area contributed by atoms with Crippen LogP contribution in [0.3, 0.4) is 0 Å². The quantitative estimate of drug-likeness (QED) is 0.453. The average Bonchev–Trinajstić information content (AvgIpc) is 3.14. The van der Waals surface area contributed by atoms with Crippen molar-refractivity contribution in [3.63, 3.8) is 0 Å². The normalized spacial score (nSPS) is 14.8. The number of aromatic nitrogens is 1. The Kier molecular flexibility index (Phi) is 5.21. The molecule has 1 saturated heterocycles. The Labute approximate surface area is 188 Å². The van der Waals surface area contributed by atoms with Crippen molar-refractivity contribution < 1.29 is 9.59 Å². The molecule has 1 aliphatic heterocycles. The number of imide groups is 1. The Morgan fingerprint density at radius 3 is 2.22 bits per heavy atom. The van der Waals surface area contributed by atoms with Gasteiger partial charge in [0.1, 0.15) is 0 Å². The lowest BCUT2D eigenvalue weighted by Crippen LogP contribution is -2.23. The molecule has 0 unspecified atom stereocenters. The van der Waals surface area contributed by atoms with Crippen LogP contribution in [-0.4, -0.2) is 15.7 Å². The monoisotopic (exact) mass is 438 g/mol. The fraction of sp³-hybridized carbons (Fsp3) is 0.0385. The fourth-order valence-electron chi connectivity index (χ4n) is 3.79. The van der Waals surface area contributed by atoms with E-state index in [2.05, 4.69) is 29.6 Å². The van der Waals surface area contributed by atoms with E-state index in [1.54, 1.807) is 10.6 Å². The molecule has 32 heavy (non-hydrogen) atoms. The molecule has 0 bridgehead atoms. The number of fused-ring (bicyclic) bond motifs is 1. The fourth-order valence-corrected chi connectivity index (χ4v) is 4.46. The molecule has 0 radical (unpaired) electrons. The van der Waals surface area contributed by atoms with E-state index in [0.717, 1.165) is 39.4 Å². The summed E-state index contributed by atoms with van der Waals surface area (Å²) in [7, 11) is 0. The van der Waals surface area contributed by atoms with Crippen LogP contribution < -0.4 is 10.9 Å². The third-order valence-corrected chi connectivity index (χ3v) is 6.17. The van der Waals surface area contributed by atoms with E-state index in [9.17, 15) is 14.4 Å². The zero-order valence-corrected chi connectivity index (χ0v) is 17.8. The number of amides is 2. The van der Waals surface area contributed by atoms with Crippen LogP contribution in [0.5, 0.6) is 0 Å². The predicted molar refractivity (Wildman–Crippen MR) is 128 cm³/mol. The molecule has 0 spiro atoms. The highest BCUT2D eigenvalue weighted by Gasteiger charge is 2.25. The number of para-hydroxylation sites is 1. The number of rotatable bonds is 4. The molecule has 5 nitrogen and oxygen atoms in total. The molecule has 2 amide bonds. The lowest BCUT2D eigenvalue weighted by Gasteiger charge is -2.13. The SMILES string of the molecule is O=C1NC(=O)C(=Cc2cc3ccccc3n(Cc3ccc(-c4ccccc4)cc3)c2=O)S1. The van der Waals surface area contributed by atoms with Crippen molar-refractivity contribution in [2.75, 3.05) is 0 Å². The highest BCUT2D eigenvalue weighted by atomic mass is 32.2. The molecule has 1 fully saturated rings. The molecule has 5 rings (SSSR count). The number of hydrogen-bond donors (Lipinski definition) is 1. The summed E-state index contributed by atoms with van der Waals surface area (Å²) in [6, 6.07) is 27.7. The van der Waals surface area contributed by atoms with Gasteiger partial charge in [0.15, 0.2) is 0 Å². The second-order valence-corrected chi connectivity index (χ2v) is 8.48. The number of benzene rings is 3. The van der Waals surface area contributed by atoms with Crippen molar-refractivity contribution in [2.45, 2.75) is 6.54 Å². The van der Waals surface area contributed by atoms with Crippen molar-refractivity contribution >= 4 is 39.9 Å². The van der Waals surface area contributed by atoms with Crippen molar-refractivity contribution in [1.82, 2.24) is 9.88 Å². The van der Waals surface area contributed by atoms with Crippen LogP contribution in [0.4, 0.5) is 4.79 Å².